The van der Waals surface area contributed by atoms with E-state index in [-0.39, 0.29) is 5.75 Å². The standard InChI is InChI=1S/C6H9NO/c1-5-6(8)3-4-7(5)2/h3-4,8H,1-2H3/p-1. The molecule has 0 fully saturated rings. The largest absolute Gasteiger partial charge is 0.871 e. The van der Waals surface area contributed by atoms with E-state index in [1.54, 1.807) is 12.3 Å². The number of hydrogen-bond acceptors (Lipinski definition) is 1. The smallest absolute Gasteiger partial charge is 0.0108 e. The Morgan fingerprint density at radius 2 is 2.25 bits per heavy atom. The van der Waals surface area contributed by atoms with Crippen LogP contribution in [0.1, 0.15) is 5.69 Å². The van der Waals surface area contributed by atoms with Crippen LogP contribution in [-0.2, 0) is 7.05 Å². The molecule has 0 radical (unpaired) electrons. The fourth-order valence-corrected chi connectivity index (χ4v) is 0.586. The molecule has 1 aromatic rings. The van der Waals surface area contributed by atoms with E-state index in [0.29, 0.717) is 0 Å². The number of nitrogens with zero attached hydrogens (tertiary/aromatic N) is 1. The maximum Gasteiger partial charge on any atom is 0.0108 e. The highest BCUT2D eigenvalue weighted by Gasteiger charge is 1.87. The van der Waals surface area contributed by atoms with Crippen LogP contribution < -0.4 is 5.11 Å². The highest BCUT2D eigenvalue weighted by molar-refractivity contribution is 5.24. The SMILES string of the molecule is Cc1c([O-])ccn1C. The van der Waals surface area contributed by atoms with Gasteiger partial charge in [0.25, 0.3) is 0 Å². The summed E-state index contributed by atoms with van der Waals surface area (Å²) in [4.78, 5) is 0. The van der Waals surface area contributed by atoms with Crippen molar-refractivity contribution in [2.45, 2.75) is 6.92 Å². The van der Waals surface area contributed by atoms with Gasteiger partial charge in [-0.25, -0.2) is 0 Å². The molecule has 0 amide bonds. The molecule has 0 N–H and O–H groups in total. The van der Waals surface area contributed by atoms with Crippen molar-refractivity contribution in [2.75, 3.05) is 0 Å². The molecule has 0 aliphatic carbocycles. The summed E-state index contributed by atoms with van der Waals surface area (Å²) in [6.07, 6.45) is 1.76. The minimum Gasteiger partial charge on any atom is -0.871 e. The molecule has 1 aromatic heterocycles. The molecule has 0 atom stereocenters. The lowest BCUT2D eigenvalue weighted by Crippen LogP contribution is -1.93. The maximum absolute atomic E-state index is 10.6. The lowest BCUT2D eigenvalue weighted by atomic mass is 10.4. The zero-order valence-electron chi connectivity index (χ0n) is 5.01. The third kappa shape index (κ3) is 0.579. The van der Waals surface area contributed by atoms with Crippen molar-refractivity contribution in [1.82, 2.24) is 4.57 Å². The molecule has 0 aliphatic heterocycles. The first kappa shape index (κ1) is 5.22. The molecule has 1 rings (SSSR count). The summed E-state index contributed by atoms with van der Waals surface area (Å²) >= 11 is 0. The molecule has 2 heteroatoms. The van der Waals surface area contributed by atoms with E-state index in [4.69, 9.17) is 0 Å². The summed E-state index contributed by atoms with van der Waals surface area (Å²) in [6.45, 7) is 1.81. The molecule has 0 aromatic carbocycles. The van der Waals surface area contributed by atoms with Gasteiger partial charge >= 0.3 is 0 Å². The van der Waals surface area contributed by atoms with E-state index in [1.807, 2.05) is 18.5 Å². The fraction of sp³-hybridized carbons (Fsp3) is 0.333. The molecule has 0 saturated heterocycles. The van der Waals surface area contributed by atoms with Crippen LogP contribution in [0.25, 0.3) is 0 Å². The normalized spacial score (nSPS) is 9.75. The quantitative estimate of drug-likeness (QED) is 0.475. The molecule has 0 unspecified atom stereocenters. The first-order valence-electron chi connectivity index (χ1n) is 2.51. The predicted molar refractivity (Wildman–Crippen MR) is 29.6 cm³/mol. The van der Waals surface area contributed by atoms with Gasteiger partial charge in [-0.3, -0.25) is 0 Å². The molecule has 0 bridgehead atoms. The Kier molecular flexibility index (Phi) is 1.01. The summed E-state index contributed by atoms with van der Waals surface area (Å²) in [5.74, 6) is 0.118. The first-order valence-corrected chi connectivity index (χ1v) is 2.51. The number of aromatic nitrogens is 1. The maximum atomic E-state index is 10.6. The lowest BCUT2D eigenvalue weighted by molar-refractivity contribution is -0.269. The van der Waals surface area contributed by atoms with Gasteiger partial charge < -0.3 is 9.67 Å². The topological polar surface area (TPSA) is 28.0 Å². The third-order valence-electron chi connectivity index (χ3n) is 1.34. The second-order valence-corrected chi connectivity index (χ2v) is 1.88. The van der Waals surface area contributed by atoms with E-state index in [1.165, 1.54) is 0 Å². The predicted octanol–water partition coefficient (Wildman–Crippen LogP) is 0.407. The highest BCUT2D eigenvalue weighted by atomic mass is 16.3. The molecule has 2 nitrogen and oxygen atoms in total. The van der Waals surface area contributed by atoms with Crippen LogP contribution in [0.2, 0.25) is 0 Å². The van der Waals surface area contributed by atoms with Crippen molar-refractivity contribution in [3.63, 3.8) is 0 Å². The van der Waals surface area contributed by atoms with E-state index >= 15 is 0 Å². The molecule has 0 spiro atoms. The van der Waals surface area contributed by atoms with Crippen molar-refractivity contribution in [2.24, 2.45) is 7.05 Å². The summed E-state index contributed by atoms with van der Waals surface area (Å²) in [6, 6.07) is 1.56. The Labute approximate surface area is 48.4 Å². The van der Waals surface area contributed by atoms with Gasteiger partial charge in [-0.05, 0) is 6.92 Å². The van der Waals surface area contributed by atoms with Crippen LogP contribution in [0.5, 0.6) is 5.75 Å². The van der Waals surface area contributed by atoms with Gasteiger partial charge in [-0.1, -0.05) is 11.8 Å². The number of hydrogen-bond donors (Lipinski definition) is 0. The molecule has 8 heavy (non-hydrogen) atoms. The van der Waals surface area contributed by atoms with Crippen LogP contribution in [0.15, 0.2) is 12.3 Å². The molecule has 44 valence electrons. The Morgan fingerprint density at radius 1 is 1.62 bits per heavy atom. The van der Waals surface area contributed by atoms with Crippen LogP contribution in [-0.4, -0.2) is 4.57 Å². The van der Waals surface area contributed by atoms with Crippen molar-refractivity contribution in [3.8, 4) is 5.75 Å². The number of aryl methyl sites for hydroxylation is 1. The second kappa shape index (κ2) is 1.54. The van der Waals surface area contributed by atoms with Gasteiger partial charge in [0.1, 0.15) is 0 Å². The Morgan fingerprint density at radius 3 is 2.38 bits per heavy atom. The molecular formula is C6H8NO-. The molecule has 0 saturated carbocycles. The van der Waals surface area contributed by atoms with Crippen molar-refractivity contribution < 1.29 is 5.11 Å². The van der Waals surface area contributed by atoms with Crippen molar-refractivity contribution in [1.29, 1.82) is 0 Å². The Balaban J connectivity index is 3.19. The summed E-state index contributed by atoms with van der Waals surface area (Å²) in [7, 11) is 1.86. The summed E-state index contributed by atoms with van der Waals surface area (Å²) < 4.78 is 1.81. The van der Waals surface area contributed by atoms with Gasteiger partial charge in [0.2, 0.25) is 0 Å². The Hall–Kier alpha value is -0.920. The van der Waals surface area contributed by atoms with E-state index in [0.717, 1.165) is 5.69 Å². The van der Waals surface area contributed by atoms with E-state index in [2.05, 4.69) is 0 Å². The summed E-state index contributed by atoms with van der Waals surface area (Å²) in [5, 5.41) is 10.6. The fourth-order valence-electron chi connectivity index (χ4n) is 0.586. The monoisotopic (exact) mass is 110 g/mol. The average molecular weight is 110 g/mol. The molecule has 1 heterocycles. The number of rotatable bonds is 0. The second-order valence-electron chi connectivity index (χ2n) is 1.88. The van der Waals surface area contributed by atoms with Gasteiger partial charge in [-0.2, -0.15) is 0 Å². The highest BCUT2D eigenvalue weighted by Crippen LogP contribution is 2.10. The van der Waals surface area contributed by atoms with Crippen molar-refractivity contribution >= 4 is 0 Å². The van der Waals surface area contributed by atoms with E-state index < -0.39 is 0 Å². The zero-order chi connectivity index (χ0) is 6.15. The Bertz CT molecular complexity index is 171. The first-order chi connectivity index (χ1) is 3.72. The van der Waals surface area contributed by atoms with E-state index in [9.17, 15) is 5.11 Å². The lowest BCUT2D eigenvalue weighted by Gasteiger charge is -2.02. The van der Waals surface area contributed by atoms with Crippen LogP contribution in [0.3, 0.4) is 0 Å². The minimum atomic E-state index is 0.118. The third-order valence-corrected chi connectivity index (χ3v) is 1.34. The van der Waals surface area contributed by atoms with Crippen LogP contribution in [0, 0.1) is 6.92 Å². The van der Waals surface area contributed by atoms with Gasteiger partial charge in [0, 0.05) is 18.9 Å². The zero-order valence-corrected chi connectivity index (χ0v) is 5.01. The molecular weight excluding hydrogens is 102 g/mol. The van der Waals surface area contributed by atoms with Crippen LogP contribution >= 0.6 is 0 Å². The van der Waals surface area contributed by atoms with Gasteiger partial charge in [-0.15, -0.1) is 0 Å². The van der Waals surface area contributed by atoms with Crippen LogP contribution in [0.4, 0.5) is 0 Å². The van der Waals surface area contributed by atoms with Gasteiger partial charge in [0.15, 0.2) is 0 Å². The van der Waals surface area contributed by atoms with Crippen molar-refractivity contribution in [3.05, 3.63) is 18.0 Å². The summed E-state index contributed by atoms with van der Waals surface area (Å²) in [5.41, 5.74) is 0.796. The minimum absolute atomic E-state index is 0.118. The van der Waals surface area contributed by atoms with Gasteiger partial charge in [0.05, 0.1) is 0 Å². The molecule has 0 aliphatic rings. The average Bonchev–Trinajstić information content (AvgIpc) is 1.98.